The highest BCUT2D eigenvalue weighted by Gasteiger charge is 2.19. The molecule has 0 rings (SSSR count). The van der Waals surface area contributed by atoms with Gasteiger partial charge in [0.05, 0.1) is 0 Å². The zero-order valence-corrected chi connectivity index (χ0v) is 41.7. The zero-order valence-electron chi connectivity index (χ0n) is 41.7. The Bertz CT molecular complexity index is 1400. The van der Waals surface area contributed by atoms with Crippen molar-refractivity contribution in [1.82, 2.24) is 0 Å². The second-order valence-corrected chi connectivity index (χ2v) is 16.7. The standard InChI is InChI=1S/C59H94O6/c1-4-7-10-13-16-19-22-25-26-27-28-29-30-31-32-35-37-40-43-46-49-52-58(61)64-55-56(65-59(62)53-50-47-44-41-38-34-24-21-18-15-12-9-6-3)54-63-57(60)51-48-45-42-39-36-33-23-20-17-14-11-8-5-2/h8-9,11-12,17-18,20-22,25,27-28,33-34,36,38,42,44-45,47,56H,4-7,10,13-16,19,23-24,26,29-32,35,37,39-41,43,46,48-55H2,1-3H3/b11-8-,12-9-,20-17-,21-18-,25-22-,28-27-,36-33-,38-34-,45-42-,47-44-. The van der Waals surface area contributed by atoms with Crippen LogP contribution in [-0.4, -0.2) is 37.2 Å². The van der Waals surface area contributed by atoms with Crippen molar-refractivity contribution < 1.29 is 28.6 Å². The molecule has 0 aliphatic heterocycles. The van der Waals surface area contributed by atoms with E-state index in [1.54, 1.807) is 0 Å². The zero-order chi connectivity index (χ0) is 47.2. The summed E-state index contributed by atoms with van der Waals surface area (Å²) in [6, 6.07) is 0. The molecule has 0 spiro atoms. The SMILES string of the molecule is CC/C=C\C/C=C\C/C=C\C/C=C\CCC(=O)OCC(COC(=O)CCCCCCCCCCC/C=C\C/C=C\CCCCCCC)OC(=O)CC/C=C\C/C=C\C/C=C\C/C=C\CC. The van der Waals surface area contributed by atoms with Crippen LogP contribution in [0.3, 0.4) is 0 Å². The predicted octanol–water partition coefficient (Wildman–Crippen LogP) is 17.3. The number of carbonyl (C=O) groups excluding carboxylic acids is 3. The van der Waals surface area contributed by atoms with Crippen molar-refractivity contribution in [1.29, 1.82) is 0 Å². The first-order valence-electron chi connectivity index (χ1n) is 26.0. The lowest BCUT2D eigenvalue weighted by atomic mass is 10.1. The summed E-state index contributed by atoms with van der Waals surface area (Å²) in [5.74, 6) is -1.11. The third-order valence-electron chi connectivity index (χ3n) is 10.5. The summed E-state index contributed by atoms with van der Waals surface area (Å²) in [5, 5.41) is 0. The molecular formula is C59H94O6. The van der Waals surface area contributed by atoms with Crippen LogP contribution in [-0.2, 0) is 28.6 Å². The smallest absolute Gasteiger partial charge is 0.306 e. The van der Waals surface area contributed by atoms with Gasteiger partial charge < -0.3 is 14.2 Å². The molecule has 0 aliphatic rings. The number of allylic oxidation sites excluding steroid dienone is 20. The highest BCUT2D eigenvalue weighted by Crippen LogP contribution is 2.13. The van der Waals surface area contributed by atoms with Gasteiger partial charge in [0.15, 0.2) is 6.10 Å². The Hall–Kier alpha value is -4.19. The van der Waals surface area contributed by atoms with Gasteiger partial charge in [0, 0.05) is 19.3 Å². The van der Waals surface area contributed by atoms with Crippen LogP contribution in [0.25, 0.3) is 0 Å². The molecule has 0 bridgehead atoms. The molecule has 366 valence electrons. The Kier molecular flexibility index (Phi) is 49.1. The molecular weight excluding hydrogens is 805 g/mol. The number of hydrogen-bond donors (Lipinski definition) is 0. The quantitative estimate of drug-likeness (QED) is 0.0262. The second-order valence-electron chi connectivity index (χ2n) is 16.7. The van der Waals surface area contributed by atoms with Crippen molar-refractivity contribution in [3.05, 3.63) is 122 Å². The van der Waals surface area contributed by atoms with Crippen molar-refractivity contribution in [3.63, 3.8) is 0 Å². The first-order chi connectivity index (χ1) is 32.0. The van der Waals surface area contributed by atoms with E-state index in [-0.39, 0.29) is 38.0 Å². The van der Waals surface area contributed by atoms with E-state index in [0.29, 0.717) is 19.3 Å². The molecule has 1 unspecified atom stereocenters. The summed E-state index contributed by atoms with van der Waals surface area (Å²) in [5.41, 5.74) is 0. The molecule has 1 atom stereocenters. The van der Waals surface area contributed by atoms with Crippen molar-refractivity contribution in [2.24, 2.45) is 0 Å². The minimum Gasteiger partial charge on any atom is -0.462 e. The van der Waals surface area contributed by atoms with Crippen LogP contribution < -0.4 is 0 Å². The minimum absolute atomic E-state index is 0.134. The summed E-state index contributed by atoms with van der Waals surface area (Å²) < 4.78 is 16.6. The van der Waals surface area contributed by atoms with Crippen molar-refractivity contribution >= 4 is 17.9 Å². The molecule has 0 fully saturated rings. The maximum Gasteiger partial charge on any atom is 0.306 e. The topological polar surface area (TPSA) is 78.9 Å². The molecule has 0 radical (unpaired) electrons. The molecule has 0 aromatic heterocycles. The Balaban J connectivity index is 4.49. The molecule has 6 heteroatoms. The van der Waals surface area contributed by atoms with E-state index in [0.717, 1.165) is 77.0 Å². The van der Waals surface area contributed by atoms with E-state index in [2.05, 4.69) is 118 Å². The van der Waals surface area contributed by atoms with Gasteiger partial charge in [-0.1, -0.05) is 213 Å². The van der Waals surface area contributed by atoms with E-state index >= 15 is 0 Å². The van der Waals surface area contributed by atoms with Crippen molar-refractivity contribution in [3.8, 4) is 0 Å². The van der Waals surface area contributed by atoms with E-state index in [1.807, 2.05) is 24.3 Å². The third kappa shape index (κ3) is 50.7. The minimum atomic E-state index is -0.849. The molecule has 0 aromatic rings. The van der Waals surface area contributed by atoms with Gasteiger partial charge >= 0.3 is 17.9 Å². The van der Waals surface area contributed by atoms with Crippen LogP contribution >= 0.6 is 0 Å². The molecule has 0 saturated heterocycles. The number of rotatable bonds is 45. The molecule has 0 heterocycles. The molecule has 0 saturated carbocycles. The summed E-state index contributed by atoms with van der Waals surface area (Å²) in [6.45, 7) is 6.25. The molecule has 0 amide bonds. The Labute approximate surface area is 399 Å². The van der Waals surface area contributed by atoms with Crippen LogP contribution in [0, 0.1) is 0 Å². The van der Waals surface area contributed by atoms with E-state index in [4.69, 9.17) is 14.2 Å². The Morgan fingerprint density at radius 3 is 1.03 bits per heavy atom. The van der Waals surface area contributed by atoms with E-state index in [1.165, 1.54) is 83.5 Å². The molecule has 65 heavy (non-hydrogen) atoms. The van der Waals surface area contributed by atoms with Gasteiger partial charge in [-0.2, -0.15) is 0 Å². The lowest BCUT2D eigenvalue weighted by Gasteiger charge is -2.18. The van der Waals surface area contributed by atoms with Gasteiger partial charge in [0.2, 0.25) is 0 Å². The number of hydrogen-bond acceptors (Lipinski definition) is 6. The van der Waals surface area contributed by atoms with Gasteiger partial charge in [-0.25, -0.2) is 0 Å². The van der Waals surface area contributed by atoms with Gasteiger partial charge in [0.25, 0.3) is 0 Å². The first-order valence-corrected chi connectivity index (χ1v) is 26.0. The van der Waals surface area contributed by atoms with Crippen LogP contribution in [0.2, 0.25) is 0 Å². The van der Waals surface area contributed by atoms with E-state index in [9.17, 15) is 14.4 Å². The average molecular weight is 899 g/mol. The number of esters is 3. The number of unbranched alkanes of at least 4 members (excludes halogenated alkanes) is 14. The average Bonchev–Trinajstić information content (AvgIpc) is 3.30. The summed E-state index contributed by atoms with van der Waals surface area (Å²) in [6.07, 6.45) is 72.2. The summed E-state index contributed by atoms with van der Waals surface area (Å²) in [4.78, 5) is 37.9. The van der Waals surface area contributed by atoms with Crippen LogP contribution in [0.15, 0.2) is 122 Å². The van der Waals surface area contributed by atoms with E-state index < -0.39 is 12.1 Å². The molecule has 0 N–H and O–H groups in total. The monoisotopic (exact) mass is 899 g/mol. The maximum atomic E-state index is 12.7. The van der Waals surface area contributed by atoms with Crippen LogP contribution in [0.5, 0.6) is 0 Å². The first kappa shape index (κ1) is 60.8. The normalized spacial score (nSPS) is 13.1. The molecule has 6 nitrogen and oxygen atoms in total. The Morgan fingerprint density at radius 2 is 0.631 bits per heavy atom. The fourth-order valence-electron chi connectivity index (χ4n) is 6.62. The summed E-state index contributed by atoms with van der Waals surface area (Å²) >= 11 is 0. The lowest BCUT2D eigenvalue weighted by Crippen LogP contribution is -2.30. The van der Waals surface area contributed by atoms with Gasteiger partial charge in [-0.3, -0.25) is 14.4 Å². The second kappa shape index (κ2) is 52.4. The maximum absolute atomic E-state index is 12.7. The van der Waals surface area contributed by atoms with Gasteiger partial charge in [0.1, 0.15) is 13.2 Å². The van der Waals surface area contributed by atoms with Crippen molar-refractivity contribution in [2.75, 3.05) is 13.2 Å². The number of carbonyl (C=O) groups is 3. The third-order valence-corrected chi connectivity index (χ3v) is 10.5. The van der Waals surface area contributed by atoms with Crippen molar-refractivity contribution in [2.45, 2.75) is 219 Å². The largest absolute Gasteiger partial charge is 0.462 e. The highest BCUT2D eigenvalue weighted by atomic mass is 16.6. The molecule has 0 aromatic carbocycles. The fourth-order valence-corrected chi connectivity index (χ4v) is 6.62. The van der Waals surface area contributed by atoms with Gasteiger partial charge in [-0.05, 0) is 103 Å². The van der Waals surface area contributed by atoms with Crippen LogP contribution in [0.4, 0.5) is 0 Å². The van der Waals surface area contributed by atoms with Gasteiger partial charge in [-0.15, -0.1) is 0 Å². The number of ether oxygens (including phenoxy) is 3. The highest BCUT2D eigenvalue weighted by molar-refractivity contribution is 5.71. The summed E-state index contributed by atoms with van der Waals surface area (Å²) in [7, 11) is 0. The lowest BCUT2D eigenvalue weighted by molar-refractivity contribution is -0.166. The fraction of sp³-hybridized carbons (Fsp3) is 0.610. The van der Waals surface area contributed by atoms with Crippen LogP contribution in [0.1, 0.15) is 213 Å². The Morgan fingerprint density at radius 1 is 0.323 bits per heavy atom. The molecule has 0 aliphatic carbocycles. The predicted molar refractivity (Wildman–Crippen MR) is 279 cm³/mol.